The van der Waals surface area contributed by atoms with E-state index in [0.29, 0.717) is 12.2 Å². The lowest BCUT2D eigenvalue weighted by Gasteiger charge is -2.05. The summed E-state index contributed by atoms with van der Waals surface area (Å²) in [5, 5.41) is 10.2. The van der Waals surface area contributed by atoms with E-state index in [4.69, 9.17) is 4.74 Å². The first-order chi connectivity index (χ1) is 5.24. The average Bonchev–Trinajstić information content (AvgIpc) is 2.05. The Morgan fingerprint density at radius 2 is 2.45 bits per heavy atom. The molecule has 11 heavy (non-hydrogen) atoms. The van der Waals surface area contributed by atoms with Gasteiger partial charge in [0.25, 0.3) is 5.70 Å². The van der Waals surface area contributed by atoms with Gasteiger partial charge < -0.3 is 4.74 Å². The zero-order valence-corrected chi connectivity index (χ0v) is 6.11. The summed E-state index contributed by atoms with van der Waals surface area (Å²) in [6, 6.07) is 0. The normalized spacial score (nSPS) is 16.8. The van der Waals surface area contributed by atoms with Crippen molar-refractivity contribution in [3.63, 3.8) is 0 Å². The molecule has 0 aromatic heterocycles. The molecule has 0 unspecified atom stereocenters. The van der Waals surface area contributed by atoms with Crippen LogP contribution in [0.5, 0.6) is 0 Å². The number of ether oxygens (including phenoxy) is 1. The highest BCUT2D eigenvalue weighted by atomic mass is 16.6. The summed E-state index contributed by atoms with van der Waals surface area (Å²) in [4.78, 5) is 9.81. The molecule has 1 radical (unpaired) electrons. The molecule has 0 heterocycles. The fraction of sp³-hybridized carbons (Fsp3) is 0.286. The second kappa shape index (κ2) is 3.18. The highest BCUT2D eigenvalue weighted by molar-refractivity contribution is 5.25. The Morgan fingerprint density at radius 3 is 3.00 bits per heavy atom. The highest BCUT2D eigenvalue weighted by Gasteiger charge is 2.15. The number of rotatable bonds is 2. The largest absolute Gasteiger partial charge is 0.497 e. The molecule has 0 aromatic carbocycles. The van der Waals surface area contributed by atoms with Crippen LogP contribution >= 0.6 is 0 Å². The Labute approximate surface area is 64.3 Å². The fourth-order valence-corrected chi connectivity index (χ4v) is 0.829. The molecule has 59 valence electrons. The average molecular weight is 154 g/mol. The Balaban J connectivity index is 2.76. The Hall–Kier alpha value is -1.32. The van der Waals surface area contributed by atoms with E-state index >= 15 is 0 Å². The van der Waals surface area contributed by atoms with E-state index in [1.165, 1.54) is 13.2 Å². The zero-order valence-electron chi connectivity index (χ0n) is 6.11. The van der Waals surface area contributed by atoms with Crippen molar-refractivity contribution in [2.45, 2.75) is 6.42 Å². The summed E-state index contributed by atoms with van der Waals surface area (Å²) in [5.41, 5.74) is 0.101. The van der Waals surface area contributed by atoms with Gasteiger partial charge in [0.05, 0.1) is 24.5 Å². The van der Waals surface area contributed by atoms with Gasteiger partial charge in [0.1, 0.15) is 5.76 Å². The van der Waals surface area contributed by atoms with Crippen LogP contribution in [0.1, 0.15) is 6.42 Å². The second-order valence-electron chi connectivity index (χ2n) is 2.08. The summed E-state index contributed by atoms with van der Waals surface area (Å²) in [6.45, 7) is 0. The third kappa shape index (κ3) is 1.80. The molecule has 0 aliphatic heterocycles. The minimum atomic E-state index is -0.425. The number of methoxy groups -OCH3 is 1. The number of allylic oxidation sites excluding steroid dienone is 3. The minimum Gasteiger partial charge on any atom is -0.497 e. The topological polar surface area (TPSA) is 52.4 Å². The van der Waals surface area contributed by atoms with Crippen molar-refractivity contribution in [3.8, 4) is 0 Å². The van der Waals surface area contributed by atoms with Crippen LogP contribution < -0.4 is 0 Å². The second-order valence-corrected chi connectivity index (χ2v) is 2.08. The zero-order chi connectivity index (χ0) is 8.27. The van der Waals surface area contributed by atoms with Gasteiger partial charge in [-0.1, -0.05) is 0 Å². The fourth-order valence-electron chi connectivity index (χ4n) is 0.829. The van der Waals surface area contributed by atoms with E-state index in [1.54, 1.807) is 12.5 Å². The van der Waals surface area contributed by atoms with Crippen LogP contribution in [0.25, 0.3) is 0 Å². The summed E-state index contributed by atoms with van der Waals surface area (Å²) in [7, 11) is 1.49. The molecular weight excluding hydrogens is 146 g/mol. The lowest BCUT2D eigenvalue weighted by Crippen LogP contribution is -2.03. The van der Waals surface area contributed by atoms with E-state index in [2.05, 4.69) is 0 Å². The van der Waals surface area contributed by atoms with Crippen LogP contribution in [-0.4, -0.2) is 12.0 Å². The van der Waals surface area contributed by atoms with Crippen molar-refractivity contribution >= 4 is 0 Å². The Bertz CT molecular complexity index is 230. The smallest absolute Gasteiger partial charge is 0.254 e. The van der Waals surface area contributed by atoms with Crippen LogP contribution in [-0.2, 0) is 4.74 Å². The molecule has 1 aliphatic rings. The molecule has 0 fully saturated rings. The first-order valence-electron chi connectivity index (χ1n) is 3.17. The van der Waals surface area contributed by atoms with Crippen molar-refractivity contribution in [2.24, 2.45) is 0 Å². The molecule has 0 amide bonds. The molecule has 0 N–H and O–H groups in total. The minimum absolute atomic E-state index is 0.101. The van der Waals surface area contributed by atoms with Gasteiger partial charge in [0, 0.05) is 0 Å². The van der Waals surface area contributed by atoms with E-state index in [9.17, 15) is 10.1 Å². The number of nitrogens with zero attached hydrogens (tertiary/aromatic N) is 1. The maximum Gasteiger partial charge on any atom is 0.254 e. The standard InChI is InChI=1S/C7H8NO3/c1-11-7-4-2-3-6(5-7)8(9)10/h3-5H,2H2,1H3. The third-order valence-corrected chi connectivity index (χ3v) is 1.38. The number of nitro groups is 1. The van der Waals surface area contributed by atoms with Gasteiger partial charge in [-0.15, -0.1) is 0 Å². The van der Waals surface area contributed by atoms with Gasteiger partial charge >= 0.3 is 0 Å². The first-order valence-corrected chi connectivity index (χ1v) is 3.17. The van der Waals surface area contributed by atoms with Gasteiger partial charge in [-0.05, 0) is 12.5 Å². The molecule has 4 heteroatoms. The molecular formula is C7H8NO3. The molecule has 0 bridgehead atoms. The van der Waals surface area contributed by atoms with Gasteiger partial charge in [0.2, 0.25) is 0 Å². The quantitative estimate of drug-likeness (QED) is 0.444. The maximum atomic E-state index is 10.2. The van der Waals surface area contributed by atoms with E-state index in [1.807, 2.05) is 0 Å². The van der Waals surface area contributed by atoms with Crippen LogP contribution in [0.3, 0.4) is 0 Å². The molecule has 0 aromatic rings. The van der Waals surface area contributed by atoms with E-state index in [0.717, 1.165) is 0 Å². The third-order valence-electron chi connectivity index (χ3n) is 1.38. The molecule has 1 aliphatic carbocycles. The summed E-state index contributed by atoms with van der Waals surface area (Å²) >= 11 is 0. The van der Waals surface area contributed by atoms with Crippen molar-refractivity contribution in [2.75, 3.05) is 7.11 Å². The molecule has 4 nitrogen and oxygen atoms in total. The SMILES string of the molecule is COC1=CC[CH]C([N+](=O)[O-])=C1. The highest BCUT2D eigenvalue weighted by Crippen LogP contribution is 2.16. The summed E-state index contributed by atoms with van der Waals surface area (Å²) in [5.74, 6) is 0.555. The van der Waals surface area contributed by atoms with Gasteiger partial charge in [0.15, 0.2) is 0 Å². The molecule has 0 spiro atoms. The molecule has 0 atom stereocenters. The first kappa shape index (κ1) is 7.78. The van der Waals surface area contributed by atoms with Crippen LogP contribution in [0.4, 0.5) is 0 Å². The van der Waals surface area contributed by atoms with Crippen molar-refractivity contribution < 1.29 is 9.66 Å². The van der Waals surface area contributed by atoms with Gasteiger partial charge in [-0.2, -0.15) is 0 Å². The molecule has 0 saturated carbocycles. The van der Waals surface area contributed by atoms with Crippen molar-refractivity contribution in [1.82, 2.24) is 0 Å². The van der Waals surface area contributed by atoms with Crippen LogP contribution in [0.15, 0.2) is 23.6 Å². The van der Waals surface area contributed by atoms with E-state index in [-0.39, 0.29) is 5.70 Å². The summed E-state index contributed by atoms with van der Waals surface area (Å²) < 4.78 is 4.83. The number of hydrogen-bond acceptors (Lipinski definition) is 3. The molecule has 1 rings (SSSR count). The lowest BCUT2D eigenvalue weighted by atomic mass is 10.1. The Morgan fingerprint density at radius 1 is 1.73 bits per heavy atom. The van der Waals surface area contributed by atoms with Crippen LogP contribution in [0, 0.1) is 16.5 Å². The summed E-state index contributed by atoms with van der Waals surface area (Å²) in [6.07, 6.45) is 5.30. The van der Waals surface area contributed by atoms with Gasteiger partial charge in [-0.3, -0.25) is 10.1 Å². The van der Waals surface area contributed by atoms with E-state index < -0.39 is 4.92 Å². The van der Waals surface area contributed by atoms with Crippen molar-refractivity contribution in [3.05, 3.63) is 40.1 Å². The van der Waals surface area contributed by atoms with Gasteiger partial charge in [-0.25, -0.2) is 0 Å². The number of hydrogen-bond donors (Lipinski definition) is 0. The predicted octanol–water partition coefficient (Wildman–Crippen LogP) is 1.29. The Kier molecular flexibility index (Phi) is 2.25. The predicted molar refractivity (Wildman–Crippen MR) is 39.1 cm³/mol. The van der Waals surface area contributed by atoms with Crippen molar-refractivity contribution in [1.29, 1.82) is 0 Å². The van der Waals surface area contributed by atoms with Crippen LogP contribution in [0.2, 0.25) is 0 Å². The lowest BCUT2D eigenvalue weighted by molar-refractivity contribution is -0.422. The maximum absolute atomic E-state index is 10.2. The molecule has 0 saturated heterocycles. The monoisotopic (exact) mass is 154 g/mol.